The van der Waals surface area contributed by atoms with Crippen LogP contribution in [0.5, 0.6) is 0 Å². The quantitative estimate of drug-likeness (QED) is 0.432. The first-order valence-electron chi connectivity index (χ1n) is 5.64. The lowest BCUT2D eigenvalue weighted by atomic mass is 10.5. The van der Waals surface area contributed by atoms with Gasteiger partial charge < -0.3 is 20.5 Å². The van der Waals surface area contributed by atoms with E-state index in [1.54, 1.807) is 0 Å². The molecule has 1 fully saturated rings. The highest BCUT2D eigenvalue weighted by Gasteiger charge is 2.23. The summed E-state index contributed by atoms with van der Waals surface area (Å²) < 4.78 is 4.47. The van der Waals surface area contributed by atoms with Crippen LogP contribution in [0, 0.1) is 0 Å². The van der Waals surface area contributed by atoms with Gasteiger partial charge in [-0.15, -0.1) is 0 Å². The minimum atomic E-state index is -1.21. The van der Waals surface area contributed by atoms with Crippen molar-refractivity contribution in [2.75, 3.05) is 19.8 Å². The number of carboxylic acids is 1. The van der Waals surface area contributed by atoms with Gasteiger partial charge in [0.2, 0.25) is 5.91 Å². The summed E-state index contributed by atoms with van der Waals surface area (Å²) in [5.74, 6) is -2.33. The molecule has 4 amide bonds. The summed E-state index contributed by atoms with van der Waals surface area (Å²) in [5, 5.41) is 15.0. The zero-order valence-corrected chi connectivity index (χ0v) is 10.1. The van der Waals surface area contributed by atoms with Crippen molar-refractivity contribution in [1.82, 2.24) is 16.0 Å². The van der Waals surface area contributed by atoms with Crippen LogP contribution >= 0.6 is 0 Å². The number of carbonyl (C=O) groups excluding carboxylic acids is 3. The van der Waals surface area contributed by atoms with E-state index in [0.29, 0.717) is 0 Å². The van der Waals surface area contributed by atoms with Crippen LogP contribution in [0.3, 0.4) is 0 Å². The SMILES string of the molecule is O=C(O)COCC(=O)NC(=O)NCC(=O)NC1CC1. The van der Waals surface area contributed by atoms with Crippen molar-refractivity contribution in [2.45, 2.75) is 18.9 Å². The summed E-state index contributed by atoms with van der Waals surface area (Å²) >= 11 is 0. The van der Waals surface area contributed by atoms with Crippen molar-refractivity contribution in [3.05, 3.63) is 0 Å². The monoisotopic (exact) mass is 273 g/mol. The maximum Gasteiger partial charge on any atom is 0.329 e. The van der Waals surface area contributed by atoms with E-state index >= 15 is 0 Å². The predicted molar refractivity (Wildman–Crippen MR) is 61.2 cm³/mol. The average molecular weight is 273 g/mol. The maximum atomic E-state index is 11.2. The summed E-state index contributed by atoms with van der Waals surface area (Å²) in [5.41, 5.74) is 0. The average Bonchev–Trinajstić information content (AvgIpc) is 3.09. The van der Waals surface area contributed by atoms with Crippen molar-refractivity contribution in [3.63, 3.8) is 0 Å². The summed E-state index contributed by atoms with van der Waals surface area (Å²) in [4.78, 5) is 43.5. The van der Waals surface area contributed by atoms with E-state index in [1.165, 1.54) is 0 Å². The van der Waals surface area contributed by atoms with Gasteiger partial charge in [-0.25, -0.2) is 9.59 Å². The molecule has 19 heavy (non-hydrogen) atoms. The summed E-state index contributed by atoms with van der Waals surface area (Å²) in [7, 11) is 0. The molecule has 0 spiro atoms. The van der Waals surface area contributed by atoms with Gasteiger partial charge in [0.15, 0.2) is 0 Å². The number of aliphatic carboxylic acids is 1. The van der Waals surface area contributed by atoms with Crippen molar-refractivity contribution in [2.24, 2.45) is 0 Å². The molecule has 0 radical (unpaired) electrons. The zero-order valence-electron chi connectivity index (χ0n) is 10.1. The minimum absolute atomic E-state index is 0.198. The lowest BCUT2D eigenvalue weighted by molar-refractivity contribution is -0.143. The Morgan fingerprint density at radius 2 is 1.79 bits per heavy atom. The van der Waals surface area contributed by atoms with Gasteiger partial charge >= 0.3 is 12.0 Å². The molecule has 1 saturated carbocycles. The molecular weight excluding hydrogens is 258 g/mol. The Labute approximate surface area is 108 Å². The number of rotatable bonds is 7. The number of carbonyl (C=O) groups is 4. The van der Waals surface area contributed by atoms with Crippen LogP contribution in [0.2, 0.25) is 0 Å². The van der Waals surface area contributed by atoms with Crippen LogP contribution in [-0.2, 0) is 19.1 Å². The van der Waals surface area contributed by atoms with E-state index in [1.807, 2.05) is 5.32 Å². The summed E-state index contributed by atoms with van der Waals surface area (Å²) in [6, 6.07) is -0.640. The lowest BCUT2D eigenvalue weighted by Gasteiger charge is -2.07. The van der Waals surface area contributed by atoms with Crippen LogP contribution in [0.15, 0.2) is 0 Å². The predicted octanol–water partition coefficient (Wildman–Crippen LogP) is -1.81. The molecule has 1 aliphatic carbocycles. The van der Waals surface area contributed by atoms with Crippen molar-refractivity contribution < 1.29 is 29.0 Å². The van der Waals surface area contributed by atoms with Crippen LogP contribution < -0.4 is 16.0 Å². The smallest absolute Gasteiger partial charge is 0.329 e. The maximum absolute atomic E-state index is 11.2. The molecule has 0 unspecified atom stereocenters. The molecule has 0 aromatic carbocycles. The third-order valence-corrected chi connectivity index (χ3v) is 2.06. The molecule has 0 aromatic heterocycles. The molecule has 0 heterocycles. The fourth-order valence-electron chi connectivity index (χ4n) is 1.10. The summed E-state index contributed by atoms with van der Waals surface area (Å²) in [6.45, 7) is -1.40. The third kappa shape index (κ3) is 7.71. The largest absolute Gasteiger partial charge is 0.480 e. The third-order valence-electron chi connectivity index (χ3n) is 2.06. The molecule has 9 heteroatoms. The number of hydrogen-bond acceptors (Lipinski definition) is 5. The Kier molecular flexibility index (Phi) is 5.73. The molecular formula is C10H15N3O6. The van der Waals surface area contributed by atoms with E-state index in [-0.39, 0.29) is 18.5 Å². The Morgan fingerprint density at radius 3 is 2.37 bits per heavy atom. The van der Waals surface area contributed by atoms with Crippen LogP contribution in [0.1, 0.15) is 12.8 Å². The number of ether oxygens (including phenoxy) is 1. The van der Waals surface area contributed by atoms with E-state index in [0.717, 1.165) is 12.8 Å². The zero-order chi connectivity index (χ0) is 14.3. The molecule has 0 bridgehead atoms. The van der Waals surface area contributed by atoms with Gasteiger partial charge in [-0.05, 0) is 12.8 Å². The van der Waals surface area contributed by atoms with E-state index < -0.39 is 31.1 Å². The van der Waals surface area contributed by atoms with Gasteiger partial charge in [0.25, 0.3) is 5.91 Å². The summed E-state index contributed by atoms with van der Waals surface area (Å²) in [6.07, 6.45) is 1.88. The molecule has 4 N–H and O–H groups in total. The molecule has 0 aromatic rings. The topological polar surface area (TPSA) is 134 Å². The highest BCUT2D eigenvalue weighted by molar-refractivity contribution is 5.96. The number of hydrogen-bond donors (Lipinski definition) is 4. The lowest BCUT2D eigenvalue weighted by Crippen LogP contribution is -2.45. The Morgan fingerprint density at radius 1 is 1.11 bits per heavy atom. The van der Waals surface area contributed by atoms with E-state index in [2.05, 4.69) is 15.4 Å². The molecule has 0 aliphatic heterocycles. The van der Waals surface area contributed by atoms with Gasteiger partial charge in [0.05, 0.1) is 6.54 Å². The number of imide groups is 1. The molecule has 9 nitrogen and oxygen atoms in total. The standard InChI is InChI=1S/C10H15N3O6/c14-7(12-6-1-2-6)3-11-10(18)13-8(15)4-19-5-9(16)17/h6H,1-5H2,(H,12,14)(H,16,17)(H2,11,13,15,18). The highest BCUT2D eigenvalue weighted by Crippen LogP contribution is 2.17. The van der Waals surface area contributed by atoms with Gasteiger partial charge in [-0.2, -0.15) is 0 Å². The number of carboxylic acid groups (broad SMARTS) is 1. The number of amides is 4. The normalized spacial score (nSPS) is 13.5. The Hall–Kier alpha value is -2.16. The number of nitrogens with one attached hydrogen (secondary N) is 3. The minimum Gasteiger partial charge on any atom is -0.480 e. The Balaban J connectivity index is 2.06. The second kappa shape index (κ2) is 7.31. The fourth-order valence-corrected chi connectivity index (χ4v) is 1.10. The van der Waals surface area contributed by atoms with Crippen molar-refractivity contribution in [3.8, 4) is 0 Å². The molecule has 0 atom stereocenters. The first-order valence-corrected chi connectivity index (χ1v) is 5.64. The van der Waals surface area contributed by atoms with Crippen molar-refractivity contribution in [1.29, 1.82) is 0 Å². The first-order chi connectivity index (χ1) is 8.97. The van der Waals surface area contributed by atoms with Gasteiger partial charge in [-0.1, -0.05) is 0 Å². The Bertz CT molecular complexity index is 379. The van der Waals surface area contributed by atoms with Gasteiger partial charge in [0, 0.05) is 6.04 Å². The van der Waals surface area contributed by atoms with Crippen LogP contribution in [0.4, 0.5) is 4.79 Å². The van der Waals surface area contributed by atoms with Gasteiger partial charge in [0.1, 0.15) is 13.2 Å². The van der Waals surface area contributed by atoms with Crippen molar-refractivity contribution >= 4 is 23.8 Å². The second-order valence-corrected chi connectivity index (χ2v) is 3.96. The van der Waals surface area contributed by atoms with E-state index in [9.17, 15) is 19.2 Å². The van der Waals surface area contributed by atoms with Crippen LogP contribution in [-0.4, -0.2) is 54.7 Å². The van der Waals surface area contributed by atoms with E-state index in [4.69, 9.17) is 5.11 Å². The molecule has 0 saturated heterocycles. The van der Waals surface area contributed by atoms with Crippen LogP contribution in [0.25, 0.3) is 0 Å². The van der Waals surface area contributed by atoms with Gasteiger partial charge in [-0.3, -0.25) is 14.9 Å². The fraction of sp³-hybridized carbons (Fsp3) is 0.600. The molecule has 106 valence electrons. The molecule has 1 aliphatic rings. The first kappa shape index (κ1) is 14.9. The second-order valence-electron chi connectivity index (χ2n) is 3.96. The number of urea groups is 1. The molecule has 1 rings (SSSR count). The highest BCUT2D eigenvalue weighted by atomic mass is 16.5.